The van der Waals surface area contributed by atoms with Gasteiger partial charge in [0.05, 0.1) is 4.99 Å². The molecule has 0 aromatic rings. The first-order chi connectivity index (χ1) is 4.54. The van der Waals surface area contributed by atoms with Crippen molar-refractivity contribution in [1.29, 1.82) is 0 Å². The summed E-state index contributed by atoms with van der Waals surface area (Å²) in [4.78, 5) is 0.980. The quantitative estimate of drug-likeness (QED) is 0.634. The zero-order valence-electron chi connectivity index (χ0n) is 7.27. The Morgan fingerprint density at radius 1 is 1.30 bits per heavy atom. The highest BCUT2D eigenvalue weighted by atomic mass is 32.1. The Kier molecular flexibility index (Phi) is 4.62. The van der Waals surface area contributed by atoms with Crippen molar-refractivity contribution in [2.45, 2.75) is 27.7 Å². The third-order valence-corrected chi connectivity index (χ3v) is 1.82. The number of rotatable bonds is 3. The van der Waals surface area contributed by atoms with Crippen molar-refractivity contribution in [2.75, 3.05) is 6.54 Å². The van der Waals surface area contributed by atoms with Gasteiger partial charge in [-0.15, -0.1) is 0 Å². The Hall–Kier alpha value is -0.110. The molecule has 1 N–H and O–H groups in total. The molecule has 0 saturated carbocycles. The van der Waals surface area contributed by atoms with E-state index in [1.54, 1.807) is 0 Å². The van der Waals surface area contributed by atoms with E-state index in [2.05, 4.69) is 33.0 Å². The lowest BCUT2D eigenvalue weighted by atomic mass is 10.2. The minimum absolute atomic E-state index is 0.480. The van der Waals surface area contributed by atoms with Crippen LogP contribution in [0.4, 0.5) is 0 Å². The molecule has 1 nitrogen and oxygen atoms in total. The van der Waals surface area contributed by atoms with Crippen LogP contribution < -0.4 is 5.32 Å². The van der Waals surface area contributed by atoms with Crippen molar-refractivity contribution >= 4 is 17.2 Å². The third kappa shape index (κ3) is 4.74. The van der Waals surface area contributed by atoms with Crippen LogP contribution in [0.25, 0.3) is 0 Å². The van der Waals surface area contributed by atoms with Crippen LogP contribution in [0.15, 0.2) is 0 Å². The molecule has 0 aliphatic rings. The van der Waals surface area contributed by atoms with Crippen LogP contribution in [0.3, 0.4) is 0 Å². The van der Waals surface area contributed by atoms with Crippen molar-refractivity contribution in [1.82, 2.24) is 5.32 Å². The van der Waals surface area contributed by atoms with Gasteiger partial charge in [0, 0.05) is 12.5 Å². The minimum atomic E-state index is 0.480. The second-order valence-electron chi connectivity index (χ2n) is 3.29. The van der Waals surface area contributed by atoms with Gasteiger partial charge in [-0.1, -0.05) is 39.9 Å². The summed E-state index contributed by atoms with van der Waals surface area (Å²) < 4.78 is 0. The maximum absolute atomic E-state index is 5.09. The standard InChI is InChI=1S/C8H17NS/c1-6(2)5-9-8(10)7(3)4/h6-7H,5H2,1-4H3,(H,9,10). The van der Waals surface area contributed by atoms with Crippen molar-refractivity contribution in [3.63, 3.8) is 0 Å². The molecule has 0 saturated heterocycles. The molecule has 0 aliphatic heterocycles. The Labute approximate surface area is 69.2 Å². The van der Waals surface area contributed by atoms with E-state index in [9.17, 15) is 0 Å². The van der Waals surface area contributed by atoms with Gasteiger partial charge in [-0.2, -0.15) is 0 Å². The number of hydrogen-bond acceptors (Lipinski definition) is 1. The molecule has 10 heavy (non-hydrogen) atoms. The molecule has 0 radical (unpaired) electrons. The summed E-state index contributed by atoms with van der Waals surface area (Å²) >= 11 is 5.09. The van der Waals surface area contributed by atoms with Crippen molar-refractivity contribution in [3.8, 4) is 0 Å². The molecule has 0 atom stereocenters. The lowest BCUT2D eigenvalue weighted by molar-refractivity contribution is 0.617. The van der Waals surface area contributed by atoms with Gasteiger partial charge in [0.1, 0.15) is 0 Å². The average Bonchev–Trinajstić information content (AvgIpc) is 1.82. The van der Waals surface area contributed by atoms with Crippen LogP contribution in [0.2, 0.25) is 0 Å². The Morgan fingerprint density at radius 3 is 2.10 bits per heavy atom. The molecule has 0 fully saturated rings. The molecule has 0 unspecified atom stereocenters. The van der Waals surface area contributed by atoms with Crippen LogP contribution in [0, 0.1) is 11.8 Å². The largest absolute Gasteiger partial charge is 0.379 e. The first-order valence-corrected chi connectivity index (χ1v) is 4.22. The van der Waals surface area contributed by atoms with Gasteiger partial charge in [0.2, 0.25) is 0 Å². The number of hydrogen-bond donors (Lipinski definition) is 1. The van der Waals surface area contributed by atoms with Crippen LogP contribution in [0.5, 0.6) is 0 Å². The molecule has 0 aliphatic carbocycles. The van der Waals surface area contributed by atoms with E-state index < -0.39 is 0 Å². The van der Waals surface area contributed by atoms with Crippen molar-refractivity contribution in [3.05, 3.63) is 0 Å². The van der Waals surface area contributed by atoms with E-state index in [1.807, 2.05) is 0 Å². The fraction of sp³-hybridized carbons (Fsp3) is 0.875. The first-order valence-electron chi connectivity index (χ1n) is 3.81. The van der Waals surface area contributed by atoms with Gasteiger partial charge in [0.25, 0.3) is 0 Å². The second-order valence-corrected chi connectivity index (χ2v) is 3.73. The lowest BCUT2D eigenvalue weighted by Gasteiger charge is -2.11. The zero-order valence-corrected chi connectivity index (χ0v) is 8.09. The third-order valence-electron chi connectivity index (χ3n) is 1.21. The maximum Gasteiger partial charge on any atom is 0.0779 e. The molecule has 0 spiro atoms. The summed E-state index contributed by atoms with van der Waals surface area (Å²) in [5.74, 6) is 1.16. The Morgan fingerprint density at radius 2 is 1.80 bits per heavy atom. The Bertz CT molecular complexity index is 108. The highest BCUT2D eigenvalue weighted by molar-refractivity contribution is 7.80. The topological polar surface area (TPSA) is 12.0 Å². The Balaban J connectivity index is 3.40. The summed E-state index contributed by atoms with van der Waals surface area (Å²) in [6.45, 7) is 9.56. The molecule has 0 rings (SSSR count). The fourth-order valence-corrected chi connectivity index (χ4v) is 0.592. The van der Waals surface area contributed by atoms with Gasteiger partial charge in [-0.25, -0.2) is 0 Å². The number of nitrogens with one attached hydrogen (secondary N) is 1. The van der Waals surface area contributed by atoms with Crippen LogP contribution in [-0.4, -0.2) is 11.5 Å². The SMILES string of the molecule is CC(C)CNC(=S)C(C)C. The lowest BCUT2D eigenvalue weighted by Crippen LogP contribution is -2.29. The molecule has 0 aromatic carbocycles. The van der Waals surface area contributed by atoms with E-state index in [0.29, 0.717) is 11.8 Å². The highest BCUT2D eigenvalue weighted by Crippen LogP contribution is 1.95. The maximum atomic E-state index is 5.09. The monoisotopic (exact) mass is 159 g/mol. The van der Waals surface area contributed by atoms with Gasteiger partial charge >= 0.3 is 0 Å². The van der Waals surface area contributed by atoms with E-state index in [-0.39, 0.29) is 0 Å². The molecule has 0 aromatic heterocycles. The number of thiocarbonyl (C=S) groups is 1. The summed E-state index contributed by atoms with van der Waals surface area (Å²) in [5.41, 5.74) is 0. The minimum Gasteiger partial charge on any atom is -0.379 e. The van der Waals surface area contributed by atoms with E-state index >= 15 is 0 Å². The smallest absolute Gasteiger partial charge is 0.0779 e. The van der Waals surface area contributed by atoms with Gasteiger partial charge in [-0.3, -0.25) is 0 Å². The fourth-order valence-electron chi connectivity index (χ4n) is 0.509. The second kappa shape index (κ2) is 4.67. The molecular weight excluding hydrogens is 142 g/mol. The molecule has 0 amide bonds. The molecule has 2 heteroatoms. The van der Waals surface area contributed by atoms with Gasteiger partial charge in [0.15, 0.2) is 0 Å². The van der Waals surface area contributed by atoms with Crippen molar-refractivity contribution < 1.29 is 0 Å². The predicted molar refractivity (Wildman–Crippen MR) is 50.3 cm³/mol. The van der Waals surface area contributed by atoms with E-state index in [0.717, 1.165) is 11.5 Å². The average molecular weight is 159 g/mol. The molecule has 0 heterocycles. The van der Waals surface area contributed by atoms with Crippen LogP contribution in [0.1, 0.15) is 27.7 Å². The molecule has 0 bridgehead atoms. The summed E-state index contributed by atoms with van der Waals surface area (Å²) in [7, 11) is 0. The normalized spacial score (nSPS) is 10.6. The molecule has 60 valence electrons. The highest BCUT2D eigenvalue weighted by Gasteiger charge is 2.01. The van der Waals surface area contributed by atoms with Crippen molar-refractivity contribution in [2.24, 2.45) is 11.8 Å². The summed E-state index contributed by atoms with van der Waals surface area (Å²) in [6, 6.07) is 0. The van der Waals surface area contributed by atoms with Crippen LogP contribution in [-0.2, 0) is 0 Å². The molecular formula is C8H17NS. The summed E-state index contributed by atoms with van der Waals surface area (Å²) in [5, 5.41) is 3.21. The zero-order chi connectivity index (χ0) is 8.15. The van der Waals surface area contributed by atoms with Gasteiger partial charge < -0.3 is 5.32 Å². The summed E-state index contributed by atoms with van der Waals surface area (Å²) in [6.07, 6.45) is 0. The van der Waals surface area contributed by atoms with E-state index in [4.69, 9.17) is 12.2 Å². The van der Waals surface area contributed by atoms with Crippen LogP contribution >= 0.6 is 12.2 Å². The van der Waals surface area contributed by atoms with Gasteiger partial charge in [-0.05, 0) is 5.92 Å². The first kappa shape index (κ1) is 9.89. The predicted octanol–water partition coefficient (Wildman–Crippen LogP) is 2.22. The van der Waals surface area contributed by atoms with E-state index in [1.165, 1.54) is 0 Å².